The van der Waals surface area contributed by atoms with Crippen molar-refractivity contribution in [2.75, 3.05) is 16.3 Å². The highest BCUT2D eigenvalue weighted by Gasteiger charge is 2.39. The van der Waals surface area contributed by atoms with Gasteiger partial charge in [-0.05, 0) is 43.5 Å². The maximum atomic E-state index is 13.0. The van der Waals surface area contributed by atoms with E-state index in [1.54, 1.807) is 18.0 Å². The van der Waals surface area contributed by atoms with Crippen molar-refractivity contribution in [2.24, 2.45) is 13.0 Å². The van der Waals surface area contributed by atoms with E-state index in [0.29, 0.717) is 13.1 Å². The molecule has 2 aromatic heterocycles. The van der Waals surface area contributed by atoms with E-state index in [4.69, 9.17) is 0 Å². The van der Waals surface area contributed by atoms with Crippen molar-refractivity contribution in [3.8, 4) is 11.1 Å². The van der Waals surface area contributed by atoms with Crippen LogP contribution in [-0.4, -0.2) is 44.0 Å². The van der Waals surface area contributed by atoms with Gasteiger partial charge in [0, 0.05) is 44.4 Å². The van der Waals surface area contributed by atoms with E-state index < -0.39 is 0 Å². The van der Waals surface area contributed by atoms with Crippen LogP contribution >= 0.6 is 0 Å². The molecule has 8 nitrogen and oxygen atoms in total. The van der Waals surface area contributed by atoms with Gasteiger partial charge in [0.1, 0.15) is 0 Å². The Bertz CT molecular complexity index is 1160. The van der Waals surface area contributed by atoms with Gasteiger partial charge in [-0.2, -0.15) is 10.2 Å². The van der Waals surface area contributed by atoms with E-state index in [-0.39, 0.29) is 23.8 Å². The maximum Gasteiger partial charge on any atom is 0.230 e. The Balaban J connectivity index is 1.50. The number of fused-ring (bicyclic) bond motifs is 1. The lowest BCUT2D eigenvalue weighted by Gasteiger charge is -2.41. The number of hydrogen-bond donors (Lipinski definition) is 0. The maximum absolute atomic E-state index is 13.0. The SMILES string of the molecule is CC(=O)N1c2ccc(-c3cnn(Cc4ccnn4C)c3)cc2N(C(=O)C2CC2)C[C@@H]1C. The summed E-state index contributed by atoms with van der Waals surface area (Å²) >= 11 is 0. The minimum atomic E-state index is -0.0554. The van der Waals surface area contributed by atoms with Crippen molar-refractivity contribution in [3.05, 3.63) is 48.5 Å². The van der Waals surface area contributed by atoms with E-state index in [1.807, 2.05) is 64.9 Å². The summed E-state index contributed by atoms with van der Waals surface area (Å²) in [5.41, 5.74) is 4.61. The molecule has 0 bridgehead atoms. The molecule has 3 aromatic rings. The molecule has 1 fully saturated rings. The van der Waals surface area contributed by atoms with Crippen LogP contribution in [0.25, 0.3) is 11.1 Å². The second-order valence-corrected chi connectivity index (χ2v) is 8.54. The zero-order valence-electron chi connectivity index (χ0n) is 18.0. The van der Waals surface area contributed by atoms with Gasteiger partial charge in [0.15, 0.2) is 0 Å². The summed E-state index contributed by atoms with van der Waals surface area (Å²) in [5, 5.41) is 8.70. The summed E-state index contributed by atoms with van der Waals surface area (Å²) in [4.78, 5) is 29.0. The molecule has 1 saturated carbocycles. The predicted octanol–water partition coefficient (Wildman–Crippen LogP) is 2.83. The zero-order valence-corrected chi connectivity index (χ0v) is 18.0. The molecule has 0 unspecified atom stereocenters. The van der Waals surface area contributed by atoms with Crippen molar-refractivity contribution in [3.63, 3.8) is 0 Å². The lowest BCUT2D eigenvalue weighted by atomic mass is 10.0. The van der Waals surface area contributed by atoms with Crippen molar-refractivity contribution < 1.29 is 9.59 Å². The van der Waals surface area contributed by atoms with Crippen LogP contribution in [0.4, 0.5) is 11.4 Å². The fourth-order valence-electron chi connectivity index (χ4n) is 4.37. The number of benzene rings is 1. The van der Waals surface area contributed by atoms with Gasteiger partial charge in [0.05, 0.1) is 35.9 Å². The van der Waals surface area contributed by atoms with Crippen LogP contribution in [0.5, 0.6) is 0 Å². The molecule has 31 heavy (non-hydrogen) atoms. The second-order valence-electron chi connectivity index (χ2n) is 8.54. The molecule has 0 radical (unpaired) electrons. The van der Waals surface area contributed by atoms with E-state index in [9.17, 15) is 9.59 Å². The molecule has 0 N–H and O–H groups in total. The van der Waals surface area contributed by atoms with Gasteiger partial charge in [-0.15, -0.1) is 0 Å². The Kier molecular flexibility index (Phi) is 4.64. The number of amides is 2. The van der Waals surface area contributed by atoms with Gasteiger partial charge in [-0.3, -0.25) is 19.0 Å². The van der Waals surface area contributed by atoms with Crippen LogP contribution in [0.1, 0.15) is 32.4 Å². The highest BCUT2D eigenvalue weighted by atomic mass is 16.2. The lowest BCUT2D eigenvalue weighted by molar-refractivity contribution is -0.120. The first-order valence-electron chi connectivity index (χ1n) is 10.7. The highest BCUT2D eigenvalue weighted by Crippen LogP contribution is 2.42. The van der Waals surface area contributed by atoms with E-state index >= 15 is 0 Å². The van der Waals surface area contributed by atoms with Crippen LogP contribution in [-0.2, 0) is 23.2 Å². The molecule has 1 aliphatic carbocycles. The summed E-state index contributed by atoms with van der Waals surface area (Å²) in [6.07, 6.45) is 7.51. The molecule has 2 amide bonds. The van der Waals surface area contributed by atoms with E-state index in [2.05, 4.69) is 10.2 Å². The monoisotopic (exact) mass is 418 g/mol. The van der Waals surface area contributed by atoms with Crippen molar-refractivity contribution >= 4 is 23.2 Å². The third-order valence-electron chi connectivity index (χ3n) is 6.16. The standard InChI is InChI=1S/C23H26N6O2/c1-15-12-28(23(31)17-4-5-17)22-10-18(6-7-21(22)29(15)16(2)30)19-11-25-27(13-19)14-20-8-9-24-26(20)3/h6-11,13,15,17H,4-5,12,14H2,1-3H3/t15-/m0/s1. The fraction of sp³-hybridized carbons (Fsp3) is 0.391. The first-order chi connectivity index (χ1) is 14.9. The highest BCUT2D eigenvalue weighted by molar-refractivity contribution is 6.06. The molecular formula is C23H26N6O2. The minimum absolute atomic E-state index is 0.0102. The molecule has 2 aliphatic rings. The third-order valence-corrected chi connectivity index (χ3v) is 6.16. The van der Waals surface area contributed by atoms with Gasteiger partial charge in [-0.25, -0.2) is 0 Å². The Morgan fingerprint density at radius 3 is 2.58 bits per heavy atom. The van der Waals surface area contributed by atoms with Gasteiger partial charge in [0.2, 0.25) is 11.8 Å². The number of carbonyl (C=O) groups excluding carboxylic acids is 2. The molecule has 1 aromatic carbocycles. The Morgan fingerprint density at radius 2 is 1.90 bits per heavy atom. The average molecular weight is 419 g/mol. The van der Waals surface area contributed by atoms with Gasteiger partial charge in [0.25, 0.3) is 0 Å². The van der Waals surface area contributed by atoms with Crippen LogP contribution in [0, 0.1) is 5.92 Å². The van der Waals surface area contributed by atoms with Crippen molar-refractivity contribution in [1.29, 1.82) is 0 Å². The average Bonchev–Trinajstić information content (AvgIpc) is 3.37. The molecular weight excluding hydrogens is 392 g/mol. The quantitative estimate of drug-likeness (QED) is 0.653. The Hall–Kier alpha value is -3.42. The fourth-order valence-corrected chi connectivity index (χ4v) is 4.37. The topological polar surface area (TPSA) is 76.3 Å². The van der Waals surface area contributed by atoms with Crippen LogP contribution < -0.4 is 9.80 Å². The predicted molar refractivity (Wildman–Crippen MR) is 118 cm³/mol. The van der Waals surface area contributed by atoms with Crippen molar-refractivity contribution in [1.82, 2.24) is 19.6 Å². The number of nitrogens with zero attached hydrogens (tertiary/aromatic N) is 6. The smallest absolute Gasteiger partial charge is 0.230 e. The zero-order chi connectivity index (χ0) is 21.7. The minimum Gasteiger partial charge on any atom is -0.308 e. The molecule has 160 valence electrons. The summed E-state index contributed by atoms with van der Waals surface area (Å²) in [5.74, 6) is 0.276. The molecule has 5 rings (SSSR count). The van der Waals surface area contributed by atoms with Crippen LogP contribution in [0.3, 0.4) is 0 Å². The van der Waals surface area contributed by atoms with Crippen LogP contribution in [0.15, 0.2) is 42.9 Å². The van der Waals surface area contributed by atoms with Gasteiger partial charge in [-0.1, -0.05) is 6.07 Å². The first kappa shape index (κ1) is 19.5. The number of hydrogen-bond acceptors (Lipinski definition) is 4. The van der Waals surface area contributed by atoms with Crippen LogP contribution in [0.2, 0.25) is 0 Å². The molecule has 3 heterocycles. The van der Waals surface area contributed by atoms with Gasteiger partial charge < -0.3 is 9.80 Å². The van der Waals surface area contributed by atoms with Crippen molar-refractivity contribution in [2.45, 2.75) is 39.3 Å². The second kappa shape index (κ2) is 7.37. The summed E-state index contributed by atoms with van der Waals surface area (Å²) in [6.45, 7) is 4.72. The number of carbonyl (C=O) groups is 2. The largest absolute Gasteiger partial charge is 0.308 e. The van der Waals surface area contributed by atoms with Gasteiger partial charge >= 0.3 is 0 Å². The summed E-state index contributed by atoms with van der Waals surface area (Å²) in [7, 11) is 1.91. The number of rotatable bonds is 4. The summed E-state index contributed by atoms with van der Waals surface area (Å²) in [6, 6.07) is 7.88. The molecule has 1 aliphatic heterocycles. The number of anilines is 2. The normalized spacial score (nSPS) is 18.2. The first-order valence-corrected chi connectivity index (χ1v) is 10.7. The molecule has 8 heteroatoms. The lowest BCUT2D eigenvalue weighted by Crippen LogP contribution is -2.51. The molecule has 0 spiro atoms. The van der Waals surface area contributed by atoms with E-state index in [1.165, 1.54) is 0 Å². The Labute approximate surface area is 181 Å². The number of aromatic nitrogens is 4. The molecule has 0 saturated heterocycles. The summed E-state index contributed by atoms with van der Waals surface area (Å²) < 4.78 is 3.71. The molecule has 1 atom stereocenters. The van der Waals surface area contributed by atoms with E-state index in [0.717, 1.165) is 41.0 Å². The Morgan fingerprint density at radius 1 is 1.10 bits per heavy atom. The third kappa shape index (κ3) is 3.52. The number of aryl methyl sites for hydroxylation is 1.